The Labute approximate surface area is 306 Å². The Morgan fingerprint density at radius 3 is 2.15 bits per heavy atom. The van der Waals surface area contributed by atoms with E-state index in [0.29, 0.717) is 31.0 Å². The van der Waals surface area contributed by atoms with Gasteiger partial charge in [-0.15, -0.1) is 5.06 Å². The number of fused-ring (bicyclic) bond motifs is 2. The van der Waals surface area contributed by atoms with Crippen LogP contribution in [0.1, 0.15) is 83.8 Å². The highest BCUT2D eigenvalue weighted by Crippen LogP contribution is 2.46. The number of imide groups is 1. The number of para-hydroxylation sites is 2. The number of likely N-dealkylation sites (N-methyl/N-ethyl adjacent to an activating group) is 1. The number of hydrogen-bond donors (Lipinski definition) is 3. The maximum Gasteiger partial charge on any atom is 0.333 e. The summed E-state index contributed by atoms with van der Waals surface area (Å²) < 4.78 is 0. The molecule has 2 unspecified atom stereocenters. The van der Waals surface area contributed by atoms with Crippen molar-refractivity contribution < 1.29 is 33.7 Å². The Kier molecular flexibility index (Phi) is 12.2. The highest BCUT2D eigenvalue weighted by atomic mass is 16.7. The summed E-state index contributed by atoms with van der Waals surface area (Å²) in [5, 5.41) is 6.12. The Bertz CT molecular complexity index is 1760. The predicted octanol–water partition coefficient (Wildman–Crippen LogP) is 4.08. The number of carbonyl (C=O) groups is 5. The van der Waals surface area contributed by atoms with Crippen molar-refractivity contribution in [1.29, 1.82) is 0 Å². The van der Waals surface area contributed by atoms with Crippen molar-refractivity contribution >= 4 is 41.0 Å². The quantitative estimate of drug-likeness (QED) is 0.144. The van der Waals surface area contributed by atoms with Crippen LogP contribution < -0.4 is 20.4 Å². The molecule has 3 aliphatic rings. The molecule has 3 N–H and O–H groups in total. The summed E-state index contributed by atoms with van der Waals surface area (Å²) in [5.74, 6) is -2.32. The molecule has 11 heteroatoms. The normalized spacial score (nSPS) is 20.9. The fraction of sp³-hybridized carbons (Fsp3) is 0.439. The van der Waals surface area contributed by atoms with Crippen LogP contribution in [0, 0.1) is 0 Å². The highest BCUT2D eigenvalue weighted by Gasteiger charge is 2.47. The summed E-state index contributed by atoms with van der Waals surface area (Å²) >= 11 is 0. The first kappa shape index (κ1) is 38.2. The summed E-state index contributed by atoms with van der Waals surface area (Å²) in [6.07, 6.45) is 12.2. The van der Waals surface area contributed by atoms with E-state index in [-0.39, 0.29) is 54.4 Å². The minimum absolute atomic E-state index is 0.0129. The number of benzene rings is 2. The molecule has 11 nitrogen and oxygen atoms in total. The van der Waals surface area contributed by atoms with E-state index in [2.05, 4.69) is 129 Å². The van der Waals surface area contributed by atoms with Crippen LogP contribution in [-0.4, -0.2) is 67.4 Å². The van der Waals surface area contributed by atoms with Gasteiger partial charge in [0.1, 0.15) is 11.7 Å². The molecule has 1 fully saturated rings. The van der Waals surface area contributed by atoms with Crippen LogP contribution >= 0.6 is 0 Å². The van der Waals surface area contributed by atoms with Crippen LogP contribution in [0.15, 0.2) is 84.6 Å². The molecule has 0 saturated carbocycles. The maximum atomic E-state index is 12.7. The molecule has 52 heavy (non-hydrogen) atoms. The lowest BCUT2D eigenvalue weighted by Gasteiger charge is -2.27. The molecular weight excluding hydrogens is 658 g/mol. The average Bonchev–Trinajstić information content (AvgIpc) is 3.62. The van der Waals surface area contributed by atoms with Crippen LogP contribution in [0.25, 0.3) is 0 Å². The predicted molar refractivity (Wildman–Crippen MR) is 199 cm³/mol. The van der Waals surface area contributed by atoms with Gasteiger partial charge in [-0.1, -0.05) is 68.5 Å². The second-order valence-corrected chi connectivity index (χ2v) is 14.7. The Morgan fingerprint density at radius 1 is 0.827 bits per heavy atom. The van der Waals surface area contributed by atoms with Crippen molar-refractivity contribution in [3.63, 3.8) is 0 Å². The lowest BCUT2D eigenvalue weighted by atomic mass is 9.80. The van der Waals surface area contributed by atoms with Gasteiger partial charge >= 0.3 is 5.97 Å². The van der Waals surface area contributed by atoms with Gasteiger partial charge < -0.3 is 20.4 Å². The minimum Gasteiger partial charge on any atom is -0.356 e. The molecule has 2 atom stereocenters. The SMILES string of the molecule is CN1/C(=C/C=C/C=C/C2[NH+](CCCC(=O)NCCCNC(=O)CCC(=O)ON3C(=O)CCC3=O)c3ccccc3C2(C)C)C(C)(C)c2ccccc21. The number of hydroxylamine groups is 2. The largest absolute Gasteiger partial charge is 0.356 e. The first-order chi connectivity index (χ1) is 24.8. The molecule has 1 saturated heterocycles. The zero-order valence-corrected chi connectivity index (χ0v) is 31.0. The zero-order valence-electron chi connectivity index (χ0n) is 31.0. The van der Waals surface area contributed by atoms with Gasteiger partial charge in [-0.25, -0.2) is 4.79 Å². The van der Waals surface area contributed by atoms with Crippen molar-refractivity contribution in [3.8, 4) is 0 Å². The lowest BCUT2D eigenvalue weighted by molar-refractivity contribution is -0.850. The maximum absolute atomic E-state index is 12.7. The second-order valence-electron chi connectivity index (χ2n) is 14.7. The van der Waals surface area contributed by atoms with E-state index in [1.54, 1.807) is 0 Å². The van der Waals surface area contributed by atoms with Crippen molar-refractivity contribution in [2.45, 2.75) is 89.5 Å². The van der Waals surface area contributed by atoms with E-state index in [4.69, 9.17) is 4.84 Å². The third-order valence-corrected chi connectivity index (χ3v) is 10.4. The smallest absolute Gasteiger partial charge is 0.333 e. The number of quaternary nitrogens is 1. The molecular formula is C41H52N5O6+. The number of nitrogens with one attached hydrogen (secondary N) is 3. The number of allylic oxidation sites excluding steroid dienone is 5. The molecule has 3 heterocycles. The fourth-order valence-corrected chi connectivity index (χ4v) is 7.61. The Balaban J connectivity index is 1.05. The summed E-state index contributed by atoms with van der Waals surface area (Å²) in [6, 6.07) is 17.4. The Hall–Kier alpha value is -5.03. The van der Waals surface area contributed by atoms with E-state index in [9.17, 15) is 24.0 Å². The van der Waals surface area contributed by atoms with Crippen molar-refractivity contribution in [1.82, 2.24) is 15.7 Å². The molecule has 2 aromatic carbocycles. The molecule has 5 rings (SSSR count). The van der Waals surface area contributed by atoms with Crippen molar-refractivity contribution in [3.05, 3.63) is 95.7 Å². The summed E-state index contributed by atoms with van der Waals surface area (Å²) in [4.78, 5) is 68.2. The molecule has 0 bridgehead atoms. The fourth-order valence-electron chi connectivity index (χ4n) is 7.61. The lowest BCUT2D eigenvalue weighted by Crippen LogP contribution is -3.10. The van der Waals surface area contributed by atoms with Crippen LogP contribution in [0.3, 0.4) is 0 Å². The third-order valence-electron chi connectivity index (χ3n) is 10.4. The van der Waals surface area contributed by atoms with E-state index in [1.165, 1.54) is 33.1 Å². The highest BCUT2D eigenvalue weighted by molar-refractivity contribution is 6.01. The van der Waals surface area contributed by atoms with Gasteiger partial charge in [-0.05, 0) is 50.1 Å². The van der Waals surface area contributed by atoms with E-state index in [0.717, 1.165) is 13.0 Å². The van der Waals surface area contributed by atoms with Gasteiger partial charge in [0.15, 0.2) is 0 Å². The van der Waals surface area contributed by atoms with Gasteiger partial charge in [-0.3, -0.25) is 24.1 Å². The van der Waals surface area contributed by atoms with Crippen LogP contribution in [-0.2, 0) is 39.6 Å². The molecule has 2 aromatic rings. The minimum atomic E-state index is -0.815. The summed E-state index contributed by atoms with van der Waals surface area (Å²) in [5.41, 5.74) is 6.31. The standard InChI is InChI=1S/C41H51N5O6/c1-40(2)29-15-9-11-17-31(29)44(5)33(40)19-7-6-8-20-34-41(3,4)30-16-10-12-18-32(30)45(34)28-13-21-35(47)42-26-14-27-43-36(48)22-25-39(51)52-46-37(49)23-24-38(46)50/h6-12,15-20,34H,13-14,21-28H2,1-5H3,(H,42,47)(H,43,48)/p+1/b7-6+,20-8+,33-19+. The van der Waals surface area contributed by atoms with Gasteiger partial charge in [0.25, 0.3) is 11.8 Å². The summed E-state index contributed by atoms with van der Waals surface area (Å²) in [6.45, 7) is 10.7. The first-order valence-corrected chi connectivity index (χ1v) is 18.3. The van der Waals surface area contributed by atoms with E-state index >= 15 is 0 Å². The monoisotopic (exact) mass is 710 g/mol. The third kappa shape index (κ3) is 8.53. The molecule has 0 spiro atoms. The molecule has 276 valence electrons. The number of anilines is 1. The number of nitrogens with zero attached hydrogens (tertiary/aromatic N) is 2. The van der Waals surface area contributed by atoms with Crippen LogP contribution in [0.5, 0.6) is 0 Å². The molecule has 0 radical (unpaired) electrons. The van der Waals surface area contributed by atoms with Crippen molar-refractivity contribution in [2.75, 3.05) is 31.6 Å². The zero-order chi connectivity index (χ0) is 37.5. The van der Waals surface area contributed by atoms with Gasteiger partial charge in [0, 0.05) is 74.6 Å². The van der Waals surface area contributed by atoms with E-state index < -0.39 is 17.8 Å². The number of carbonyl (C=O) groups excluding carboxylic acids is 5. The molecule has 4 amide bonds. The van der Waals surface area contributed by atoms with Gasteiger partial charge in [0.05, 0.1) is 18.4 Å². The van der Waals surface area contributed by atoms with Crippen molar-refractivity contribution in [2.24, 2.45) is 0 Å². The van der Waals surface area contributed by atoms with Gasteiger partial charge in [-0.2, -0.15) is 0 Å². The molecule has 0 aromatic heterocycles. The topological polar surface area (TPSA) is 130 Å². The second kappa shape index (κ2) is 16.5. The number of amides is 4. The van der Waals surface area contributed by atoms with E-state index in [1.807, 2.05) is 0 Å². The molecule has 3 aliphatic heterocycles. The average molecular weight is 711 g/mol. The number of hydrogen-bond acceptors (Lipinski definition) is 7. The van der Waals surface area contributed by atoms with Crippen LogP contribution in [0.2, 0.25) is 0 Å². The van der Waals surface area contributed by atoms with Crippen LogP contribution in [0.4, 0.5) is 11.4 Å². The number of rotatable bonds is 15. The molecule has 0 aliphatic carbocycles. The van der Waals surface area contributed by atoms with Gasteiger partial charge in [0.2, 0.25) is 11.8 Å². The Morgan fingerprint density at radius 2 is 1.46 bits per heavy atom. The first-order valence-electron chi connectivity index (χ1n) is 18.3. The summed E-state index contributed by atoms with van der Waals surface area (Å²) in [7, 11) is 2.13.